The van der Waals surface area contributed by atoms with Crippen LogP contribution in [0.4, 0.5) is 0 Å². The van der Waals surface area contributed by atoms with Gasteiger partial charge < -0.3 is 18.9 Å². The lowest BCUT2D eigenvalue weighted by molar-refractivity contribution is -0.123. The van der Waals surface area contributed by atoms with Crippen molar-refractivity contribution < 1.29 is 28.5 Å². The molecule has 0 aliphatic rings. The minimum absolute atomic E-state index is 0.245. The molecule has 0 saturated heterocycles. The lowest BCUT2D eigenvalue weighted by atomic mass is 10.2. The van der Waals surface area contributed by atoms with Crippen LogP contribution in [0.1, 0.15) is 35.7 Å². The van der Waals surface area contributed by atoms with Crippen molar-refractivity contribution in [3.8, 4) is 23.0 Å². The third kappa shape index (κ3) is 8.02. The molecule has 3 rings (SSSR count). The normalized spacial score (nSPS) is 10.6. The average Bonchev–Trinajstić information content (AvgIpc) is 2.89. The van der Waals surface area contributed by atoms with E-state index in [-0.39, 0.29) is 12.4 Å². The Hall–Kier alpha value is -4.04. The summed E-state index contributed by atoms with van der Waals surface area (Å²) < 4.78 is 21.8. The summed E-state index contributed by atoms with van der Waals surface area (Å²) in [4.78, 5) is 24.5. The minimum atomic E-state index is -0.527. The van der Waals surface area contributed by atoms with Crippen LogP contribution in [0, 0.1) is 0 Å². The first-order valence-corrected chi connectivity index (χ1v) is 11.7. The van der Waals surface area contributed by atoms with Crippen LogP contribution in [-0.4, -0.2) is 38.4 Å². The van der Waals surface area contributed by atoms with E-state index in [0.717, 1.165) is 12.8 Å². The number of hydrogen-bond donors (Lipinski definition) is 1. The molecule has 8 nitrogen and oxygen atoms in total. The van der Waals surface area contributed by atoms with E-state index < -0.39 is 11.9 Å². The number of amides is 1. The number of hydrazone groups is 1. The number of nitrogens with zero attached hydrogens (tertiary/aromatic N) is 1. The van der Waals surface area contributed by atoms with Crippen molar-refractivity contribution in [2.75, 3.05) is 20.3 Å². The number of nitrogens with one attached hydrogen (secondary N) is 1. The third-order valence-corrected chi connectivity index (χ3v) is 5.16. The predicted molar refractivity (Wildman–Crippen MR) is 137 cm³/mol. The molecule has 3 aromatic rings. The summed E-state index contributed by atoms with van der Waals surface area (Å²) in [5, 5.41) is 4.32. The molecule has 0 aromatic heterocycles. The number of unbranched alkanes of at least 4 members (excludes halogenated alkanes) is 1. The Balaban J connectivity index is 1.54. The summed E-state index contributed by atoms with van der Waals surface area (Å²) >= 11 is 5.99. The van der Waals surface area contributed by atoms with Gasteiger partial charge in [-0.05, 0) is 66.6 Å². The van der Waals surface area contributed by atoms with E-state index in [2.05, 4.69) is 17.5 Å². The van der Waals surface area contributed by atoms with Crippen molar-refractivity contribution in [2.45, 2.75) is 19.8 Å². The number of hydrogen-bond acceptors (Lipinski definition) is 7. The zero-order chi connectivity index (χ0) is 25.8. The molecule has 0 spiro atoms. The van der Waals surface area contributed by atoms with E-state index in [9.17, 15) is 9.59 Å². The molecular formula is C27H27ClN2O6. The molecule has 36 heavy (non-hydrogen) atoms. The first kappa shape index (κ1) is 26.6. The molecule has 0 bridgehead atoms. The van der Waals surface area contributed by atoms with Gasteiger partial charge in [0, 0.05) is 0 Å². The van der Waals surface area contributed by atoms with Crippen LogP contribution in [0.15, 0.2) is 71.8 Å². The molecule has 0 aliphatic carbocycles. The molecule has 188 valence electrons. The van der Waals surface area contributed by atoms with Crippen LogP contribution in [0.5, 0.6) is 23.0 Å². The molecule has 0 aliphatic heterocycles. The van der Waals surface area contributed by atoms with Crippen molar-refractivity contribution in [1.82, 2.24) is 5.43 Å². The molecular weight excluding hydrogens is 484 g/mol. The SMILES string of the molecule is CCCCOc1ccc(C(=O)Oc2ccc(/C=N/NC(=O)COc3ccccc3Cl)cc2OC)cc1. The molecule has 3 aromatic carbocycles. The average molecular weight is 511 g/mol. The molecule has 0 saturated carbocycles. The number of benzene rings is 3. The first-order valence-electron chi connectivity index (χ1n) is 11.3. The highest BCUT2D eigenvalue weighted by Gasteiger charge is 2.13. The number of ether oxygens (including phenoxy) is 4. The van der Waals surface area contributed by atoms with Crippen LogP contribution in [0.3, 0.4) is 0 Å². The fourth-order valence-electron chi connectivity index (χ4n) is 2.95. The van der Waals surface area contributed by atoms with E-state index in [0.29, 0.717) is 40.0 Å². The highest BCUT2D eigenvalue weighted by Crippen LogP contribution is 2.28. The third-order valence-electron chi connectivity index (χ3n) is 4.85. The van der Waals surface area contributed by atoms with Crippen LogP contribution >= 0.6 is 11.6 Å². The molecule has 0 fully saturated rings. The minimum Gasteiger partial charge on any atom is -0.494 e. The van der Waals surface area contributed by atoms with E-state index in [1.807, 2.05) is 0 Å². The van der Waals surface area contributed by atoms with Crippen molar-refractivity contribution >= 4 is 29.7 Å². The predicted octanol–water partition coefficient (Wildman–Crippen LogP) is 5.28. The Bertz CT molecular complexity index is 1200. The molecule has 0 atom stereocenters. The fraction of sp³-hybridized carbons (Fsp3) is 0.222. The van der Waals surface area contributed by atoms with E-state index in [1.165, 1.54) is 13.3 Å². The van der Waals surface area contributed by atoms with Gasteiger partial charge >= 0.3 is 5.97 Å². The second-order valence-corrected chi connectivity index (χ2v) is 7.95. The maximum atomic E-state index is 12.6. The standard InChI is InChI=1S/C27H27ClN2O6/c1-3-4-15-34-21-12-10-20(11-13-21)27(32)36-24-14-9-19(16-25(24)33-2)17-29-30-26(31)18-35-23-8-6-5-7-22(23)28/h5-14,16-17H,3-4,15,18H2,1-2H3,(H,30,31)/b29-17+. The Morgan fingerprint density at radius 2 is 1.75 bits per heavy atom. The molecule has 0 unspecified atom stereocenters. The van der Waals surface area contributed by atoms with Gasteiger partial charge in [-0.25, -0.2) is 10.2 Å². The van der Waals surface area contributed by atoms with Crippen LogP contribution in [0.2, 0.25) is 5.02 Å². The number of halogens is 1. The lowest BCUT2D eigenvalue weighted by Crippen LogP contribution is -2.24. The van der Waals surface area contributed by atoms with E-state index in [4.69, 9.17) is 30.5 Å². The molecule has 0 heterocycles. The van der Waals surface area contributed by atoms with Gasteiger partial charge in [0.25, 0.3) is 5.91 Å². The van der Waals surface area contributed by atoms with Crippen molar-refractivity contribution in [1.29, 1.82) is 0 Å². The monoisotopic (exact) mass is 510 g/mol. The molecule has 1 N–H and O–H groups in total. The Morgan fingerprint density at radius 1 is 0.972 bits per heavy atom. The summed E-state index contributed by atoms with van der Waals surface area (Å²) in [6, 6.07) is 18.5. The molecule has 1 amide bonds. The van der Waals surface area contributed by atoms with Crippen LogP contribution < -0.4 is 24.4 Å². The van der Waals surface area contributed by atoms with Gasteiger partial charge in [-0.3, -0.25) is 4.79 Å². The zero-order valence-electron chi connectivity index (χ0n) is 20.0. The maximum absolute atomic E-state index is 12.6. The van der Waals surface area contributed by atoms with Crippen LogP contribution in [-0.2, 0) is 4.79 Å². The number of rotatable bonds is 12. The van der Waals surface area contributed by atoms with Gasteiger partial charge in [0.05, 0.1) is 30.5 Å². The topological polar surface area (TPSA) is 95.5 Å². The van der Waals surface area contributed by atoms with Crippen LogP contribution in [0.25, 0.3) is 0 Å². The molecule has 0 radical (unpaired) electrons. The first-order chi connectivity index (χ1) is 17.5. The maximum Gasteiger partial charge on any atom is 0.343 e. The smallest absolute Gasteiger partial charge is 0.343 e. The summed E-state index contributed by atoms with van der Waals surface area (Å²) in [6.07, 6.45) is 3.44. The Labute approximate surface area is 214 Å². The van der Waals surface area contributed by atoms with Crippen molar-refractivity contribution in [3.63, 3.8) is 0 Å². The van der Waals surface area contributed by atoms with Gasteiger partial charge in [-0.2, -0.15) is 5.10 Å². The second-order valence-electron chi connectivity index (χ2n) is 7.54. The van der Waals surface area contributed by atoms with Gasteiger partial charge in [-0.15, -0.1) is 0 Å². The number of para-hydroxylation sites is 1. The molecule has 9 heteroatoms. The lowest BCUT2D eigenvalue weighted by Gasteiger charge is -2.10. The zero-order valence-corrected chi connectivity index (χ0v) is 20.8. The Kier molecular flexibility index (Phi) is 10.1. The fourth-order valence-corrected chi connectivity index (χ4v) is 3.14. The van der Waals surface area contributed by atoms with Gasteiger partial charge in [0.15, 0.2) is 18.1 Å². The summed E-state index contributed by atoms with van der Waals surface area (Å²) in [7, 11) is 1.46. The highest BCUT2D eigenvalue weighted by molar-refractivity contribution is 6.32. The summed E-state index contributed by atoms with van der Waals surface area (Å²) in [6.45, 7) is 2.48. The van der Waals surface area contributed by atoms with E-state index >= 15 is 0 Å². The second kappa shape index (κ2) is 13.7. The number of esters is 1. The largest absolute Gasteiger partial charge is 0.494 e. The number of carbonyl (C=O) groups excluding carboxylic acids is 2. The summed E-state index contributed by atoms with van der Waals surface area (Å²) in [5.41, 5.74) is 3.37. The quantitative estimate of drug-likeness (QED) is 0.117. The van der Waals surface area contributed by atoms with Gasteiger partial charge in [0.1, 0.15) is 11.5 Å². The van der Waals surface area contributed by atoms with Crippen molar-refractivity contribution in [2.24, 2.45) is 5.10 Å². The summed E-state index contributed by atoms with van der Waals surface area (Å²) in [5.74, 6) is 0.708. The number of carbonyl (C=O) groups is 2. The van der Waals surface area contributed by atoms with E-state index in [1.54, 1.807) is 66.7 Å². The number of methoxy groups -OCH3 is 1. The van der Waals surface area contributed by atoms with Gasteiger partial charge in [-0.1, -0.05) is 37.1 Å². The highest BCUT2D eigenvalue weighted by atomic mass is 35.5. The van der Waals surface area contributed by atoms with Gasteiger partial charge in [0.2, 0.25) is 0 Å². The Morgan fingerprint density at radius 3 is 2.47 bits per heavy atom. The van der Waals surface area contributed by atoms with Crippen molar-refractivity contribution in [3.05, 3.63) is 82.9 Å².